The monoisotopic (exact) mass is 338 g/mol. The fourth-order valence-electron chi connectivity index (χ4n) is 3.30. The van der Waals surface area contributed by atoms with Crippen LogP contribution in [-0.2, 0) is 0 Å². The van der Waals surface area contributed by atoms with Crippen LogP contribution in [0.4, 0.5) is 0 Å². The molecule has 2 aliphatic rings. The fraction of sp³-hybridized carbons (Fsp3) is 0.588. The molecule has 1 aromatic rings. The summed E-state index contributed by atoms with van der Waals surface area (Å²) >= 11 is 8.01. The van der Waals surface area contributed by atoms with Gasteiger partial charge in [0, 0.05) is 28.9 Å². The summed E-state index contributed by atoms with van der Waals surface area (Å²) in [7, 11) is 0. The van der Waals surface area contributed by atoms with Crippen LogP contribution in [0.15, 0.2) is 24.3 Å². The van der Waals surface area contributed by atoms with E-state index >= 15 is 0 Å². The second-order valence-electron chi connectivity index (χ2n) is 6.22. The van der Waals surface area contributed by atoms with Crippen LogP contribution < -0.4 is 5.32 Å². The third-order valence-electron chi connectivity index (χ3n) is 4.71. The van der Waals surface area contributed by atoms with E-state index < -0.39 is 0 Å². The highest BCUT2D eigenvalue weighted by Gasteiger charge is 2.27. The van der Waals surface area contributed by atoms with E-state index in [-0.39, 0.29) is 5.91 Å². The minimum Gasteiger partial charge on any atom is -0.352 e. The Morgan fingerprint density at radius 3 is 2.82 bits per heavy atom. The Kier molecular flexibility index (Phi) is 5.66. The number of halogens is 1. The van der Waals surface area contributed by atoms with Crippen LogP contribution in [0.1, 0.15) is 29.6 Å². The molecule has 22 heavy (non-hydrogen) atoms. The van der Waals surface area contributed by atoms with E-state index in [1.165, 1.54) is 43.9 Å². The quantitative estimate of drug-likeness (QED) is 0.914. The van der Waals surface area contributed by atoms with Crippen LogP contribution >= 0.6 is 23.4 Å². The number of amides is 1. The highest BCUT2D eigenvalue weighted by atomic mass is 35.5. The number of carbonyl (C=O) groups is 1. The largest absolute Gasteiger partial charge is 0.352 e. The van der Waals surface area contributed by atoms with Crippen molar-refractivity contribution in [3.05, 3.63) is 34.9 Å². The molecule has 1 atom stereocenters. The van der Waals surface area contributed by atoms with Gasteiger partial charge in [0.2, 0.25) is 0 Å². The zero-order chi connectivity index (χ0) is 15.4. The highest BCUT2D eigenvalue weighted by molar-refractivity contribution is 7.99. The standard InChI is InChI=1S/C17H23ClN2OS/c18-15-3-1-2-14(10-15)17(21)19-11-13-4-7-20(8-5-13)16-6-9-22-12-16/h1-3,10,13,16H,4-9,11-12H2,(H,19,21). The third kappa shape index (κ3) is 4.18. The predicted octanol–water partition coefficient (Wildman–Crippen LogP) is 3.29. The number of rotatable bonds is 4. The Balaban J connectivity index is 1.42. The van der Waals surface area contributed by atoms with Crippen LogP contribution in [0, 0.1) is 5.92 Å². The van der Waals surface area contributed by atoms with Crippen molar-refractivity contribution in [2.75, 3.05) is 31.1 Å². The molecule has 1 amide bonds. The van der Waals surface area contributed by atoms with E-state index in [2.05, 4.69) is 22.0 Å². The van der Waals surface area contributed by atoms with Gasteiger partial charge in [0.1, 0.15) is 0 Å². The van der Waals surface area contributed by atoms with E-state index in [0.29, 0.717) is 16.5 Å². The van der Waals surface area contributed by atoms with Crippen molar-refractivity contribution in [1.82, 2.24) is 10.2 Å². The number of nitrogens with one attached hydrogen (secondary N) is 1. The molecule has 1 aromatic carbocycles. The van der Waals surface area contributed by atoms with Crippen LogP contribution in [0.3, 0.4) is 0 Å². The maximum atomic E-state index is 12.1. The number of thioether (sulfide) groups is 1. The van der Waals surface area contributed by atoms with Crippen molar-refractivity contribution in [3.8, 4) is 0 Å². The van der Waals surface area contributed by atoms with Gasteiger partial charge in [0.15, 0.2) is 0 Å². The maximum absolute atomic E-state index is 12.1. The molecule has 2 fully saturated rings. The number of hydrogen-bond acceptors (Lipinski definition) is 3. The van der Waals surface area contributed by atoms with Crippen molar-refractivity contribution >= 4 is 29.3 Å². The molecule has 0 saturated carbocycles. The van der Waals surface area contributed by atoms with Gasteiger partial charge in [-0.3, -0.25) is 9.69 Å². The average molecular weight is 339 g/mol. The molecule has 0 bridgehead atoms. The molecule has 1 unspecified atom stereocenters. The minimum atomic E-state index is -0.0166. The molecule has 0 spiro atoms. The van der Waals surface area contributed by atoms with Crippen molar-refractivity contribution in [2.24, 2.45) is 5.92 Å². The number of piperidine rings is 1. The lowest BCUT2D eigenvalue weighted by molar-refractivity contribution is 0.0928. The molecule has 3 nitrogen and oxygen atoms in total. The van der Waals surface area contributed by atoms with Gasteiger partial charge < -0.3 is 5.32 Å². The van der Waals surface area contributed by atoms with Gasteiger partial charge in [-0.2, -0.15) is 11.8 Å². The van der Waals surface area contributed by atoms with Gasteiger partial charge in [0.25, 0.3) is 5.91 Å². The first-order chi connectivity index (χ1) is 10.7. The summed E-state index contributed by atoms with van der Waals surface area (Å²) < 4.78 is 0. The number of likely N-dealkylation sites (tertiary alicyclic amines) is 1. The second kappa shape index (κ2) is 7.71. The summed E-state index contributed by atoms with van der Waals surface area (Å²) in [6.07, 6.45) is 3.73. The molecule has 2 aliphatic heterocycles. The Morgan fingerprint density at radius 2 is 2.14 bits per heavy atom. The van der Waals surface area contributed by atoms with Crippen LogP contribution in [0.2, 0.25) is 5.02 Å². The van der Waals surface area contributed by atoms with E-state index in [9.17, 15) is 4.79 Å². The topological polar surface area (TPSA) is 32.3 Å². The second-order valence-corrected chi connectivity index (χ2v) is 7.80. The van der Waals surface area contributed by atoms with Crippen LogP contribution in [0.5, 0.6) is 0 Å². The Morgan fingerprint density at radius 1 is 1.32 bits per heavy atom. The zero-order valence-corrected chi connectivity index (χ0v) is 14.3. The zero-order valence-electron chi connectivity index (χ0n) is 12.8. The molecule has 2 saturated heterocycles. The molecule has 0 aliphatic carbocycles. The summed E-state index contributed by atoms with van der Waals surface area (Å²) in [6, 6.07) is 7.93. The molecule has 3 rings (SSSR count). The van der Waals surface area contributed by atoms with E-state index in [1.807, 2.05) is 12.1 Å². The summed E-state index contributed by atoms with van der Waals surface area (Å²) in [4.78, 5) is 14.8. The lowest BCUT2D eigenvalue weighted by Crippen LogP contribution is -2.43. The van der Waals surface area contributed by atoms with Crippen molar-refractivity contribution in [2.45, 2.75) is 25.3 Å². The fourth-order valence-corrected chi connectivity index (χ4v) is 4.75. The predicted molar refractivity (Wildman–Crippen MR) is 93.8 cm³/mol. The molecular weight excluding hydrogens is 316 g/mol. The number of hydrogen-bond donors (Lipinski definition) is 1. The number of benzene rings is 1. The normalized spacial score (nSPS) is 23.6. The molecule has 1 N–H and O–H groups in total. The molecule has 0 aromatic heterocycles. The minimum absolute atomic E-state index is 0.0166. The smallest absolute Gasteiger partial charge is 0.251 e. The molecule has 5 heteroatoms. The molecular formula is C17H23ClN2OS. The van der Waals surface area contributed by atoms with E-state index in [1.54, 1.807) is 12.1 Å². The van der Waals surface area contributed by atoms with Gasteiger partial charge in [-0.05, 0) is 62.2 Å². The van der Waals surface area contributed by atoms with Gasteiger partial charge in [-0.25, -0.2) is 0 Å². The molecule has 120 valence electrons. The Bertz CT molecular complexity index is 511. The number of nitrogens with zero attached hydrogens (tertiary/aromatic N) is 1. The first kappa shape index (κ1) is 16.2. The summed E-state index contributed by atoms with van der Waals surface area (Å²) in [5.74, 6) is 3.21. The SMILES string of the molecule is O=C(NCC1CCN(C2CCSC2)CC1)c1cccc(Cl)c1. The van der Waals surface area contributed by atoms with Gasteiger partial charge >= 0.3 is 0 Å². The summed E-state index contributed by atoms with van der Waals surface area (Å²) in [6.45, 7) is 3.14. The Hall–Kier alpha value is -0.710. The summed E-state index contributed by atoms with van der Waals surface area (Å²) in [5.41, 5.74) is 0.646. The first-order valence-corrected chi connectivity index (χ1v) is 9.61. The maximum Gasteiger partial charge on any atom is 0.251 e. The van der Waals surface area contributed by atoms with Crippen molar-refractivity contribution in [3.63, 3.8) is 0 Å². The lowest BCUT2D eigenvalue weighted by atomic mass is 9.95. The third-order valence-corrected chi connectivity index (χ3v) is 6.09. The van der Waals surface area contributed by atoms with E-state index in [0.717, 1.165) is 12.6 Å². The number of carbonyl (C=O) groups excluding carboxylic acids is 1. The van der Waals surface area contributed by atoms with Gasteiger partial charge in [-0.1, -0.05) is 17.7 Å². The molecule has 2 heterocycles. The highest BCUT2D eigenvalue weighted by Crippen LogP contribution is 2.26. The van der Waals surface area contributed by atoms with Crippen LogP contribution in [0.25, 0.3) is 0 Å². The van der Waals surface area contributed by atoms with Crippen LogP contribution in [-0.4, -0.2) is 48.0 Å². The summed E-state index contributed by atoms with van der Waals surface area (Å²) in [5, 5.41) is 3.67. The Labute approximate surface area is 141 Å². The first-order valence-electron chi connectivity index (χ1n) is 8.08. The van der Waals surface area contributed by atoms with E-state index in [4.69, 9.17) is 11.6 Å². The molecule has 0 radical (unpaired) electrons. The van der Waals surface area contributed by atoms with Gasteiger partial charge in [-0.15, -0.1) is 0 Å². The van der Waals surface area contributed by atoms with Crippen molar-refractivity contribution in [1.29, 1.82) is 0 Å². The lowest BCUT2D eigenvalue weighted by Gasteiger charge is -2.35. The van der Waals surface area contributed by atoms with Crippen molar-refractivity contribution < 1.29 is 4.79 Å². The average Bonchev–Trinajstić information content (AvgIpc) is 3.07. The van der Waals surface area contributed by atoms with Gasteiger partial charge in [0.05, 0.1) is 0 Å².